The van der Waals surface area contributed by atoms with Gasteiger partial charge in [0, 0.05) is 11.4 Å². The highest BCUT2D eigenvalue weighted by Gasteiger charge is 1.95. The van der Waals surface area contributed by atoms with Crippen molar-refractivity contribution in [3.63, 3.8) is 0 Å². The molecule has 0 saturated heterocycles. The van der Waals surface area contributed by atoms with Crippen LogP contribution in [0.2, 0.25) is 0 Å². The van der Waals surface area contributed by atoms with E-state index in [-0.39, 0.29) is 0 Å². The van der Waals surface area contributed by atoms with Gasteiger partial charge in [-0.05, 0) is 30.5 Å². The van der Waals surface area contributed by atoms with E-state index >= 15 is 0 Å². The van der Waals surface area contributed by atoms with Gasteiger partial charge in [0.05, 0.1) is 13.7 Å². The van der Waals surface area contributed by atoms with E-state index in [2.05, 4.69) is 10.3 Å². The highest BCUT2D eigenvalue weighted by atomic mass is 32.2. The van der Waals surface area contributed by atoms with Crippen molar-refractivity contribution in [1.29, 1.82) is 0 Å². The third-order valence-electron chi connectivity index (χ3n) is 1.94. The monoisotopic (exact) mass is 239 g/mol. The molecule has 16 heavy (non-hydrogen) atoms. The molecule has 1 aromatic carbocycles. The van der Waals surface area contributed by atoms with Crippen LogP contribution in [0.1, 0.15) is 0 Å². The van der Waals surface area contributed by atoms with Gasteiger partial charge in [0.25, 0.3) is 0 Å². The highest BCUT2D eigenvalue weighted by molar-refractivity contribution is 7.98. The summed E-state index contributed by atoms with van der Waals surface area (Å²) < 4.78 is 5.06. The Morgan fingerprint density at radius 2 is 2.12 bits per heavy atom. The normalized spacial score (nSPS) is 11.2. The van der Waals surface area contributed by atoms with E-state index in [0.29, 0.717) is 5.96 Å². The molecule has 3 N–H and O–H groups in total. The zero-order valence-electron chi connectivity index (χ0n) is 9.56. The van der Waals surface area contributed by atoms with Crippen LogP contribution in [0.4, 0.5) is 5.69 Å². The third-order valence-corrected chi connectivity index (χ3v) is 2.53. The van der Waals surface area contributed by atoms with Crippen molar-refractivity contribution in [2.75, 3.05) is 31.0 Å². The number of hydrogen-bond donors (Lipinski definition) is 2. The molecule has 0 amide bonds. The smallest absolute Gasteiger partial charge is 0.193 e. The van der Waals surface area contributed by atoms with Crippen LogP contribution in [-0.2, 0) is 0 Å². The van der Waals surface area contributed by atoms with Gasteiger partial charge in [-0.25, -0.2) is 0 Å². The Morgan fingerprint density at radius 1 is 1.44 bits per heavy atom. The summed E-state index contributed by atoms with van der Waals surface area (Å²) in [7, 11) is 1.64. The predicted molar refractivity (Wildman–Crippen MR) is 71.5 cm³/mol. The molecule has 0 spiro atoms. The fraction of sp³-hybridized carbons (Fsp3) is 0.364. The lowest BCUT2D eigenvalue weighted by atomic mass is 10.3. The molecule has 5 heteroatoms. The first-order valence-corrected chi connectivity index (χ1v) is 6.35. The van der Waals surface area contributed by atoms with Gasteiger partial charge < -0.3 is 15.8 Å². The maximum atomic E-state index is 5.72. The average molecular weight is 239 g/mol. The Morgan fingerprint density at radius 3 is 2.69 bits per heavy atom. The number of rotatable bonds is 5. The Balaban J connectivity index is 2.49. The number of ether oxygens (including phenoxy) is 1. The van der Waals surface area contributed by atoms with Crippen molar-refractivity contribution in [3.05, 3.63) is 24.3 Å². The van der Waals surface area contributed by atoms with Crippen molar-refractivity contribution < 1.29 is 4.74 Å². The van der Waals surface area contributed by atoms with E-state index in [0.717, 1.165) is 23.7 Å². The first kappa shape index (κ1) is 12.7. The van der Waals surface area contributed by atoms with Crippen LogP contribution >= 0.6 is 11.8 Å². The summed E-state index contributed by atoms with van der Waals surface area (Å²) in [6, 6.07) is 7.54. The topological polar surface area (TPSA) is 59.6 Å². The second-order valence-corrected chi connectivity index (χ2v) is 4.10. The van der Waals surface area contributed by atoms with Gasteiger partial charge in [-0.1, -0.05) is 0 Å². The molecule has 0 aliphatic rings. The number of aliphatic imine (C=N–C) groups is 1. The number of methoxy groups -OCH3 is 1. The second-order valence-electron chi connectivity index (χ2n) is 3.11. The Hall–Kier alpha value is -1.36. The molecule has 4 nitrogen and oxygen atoms in total. The lowest BCUT2D eigenvalue weighted by Crippen LogP contribution is -2.23. The molecule has 1 rings (SSSR count). The SMILES string of the molecule is COc1ccc(NC(N)=NCCSC)cc1. The third kappa shape index (κ3) is 4.44. The number of nitrogens with one attached hydrogen (secondary N) is 1. The molecule has 0 unspecified atom stereocenters. The second kappa shape index (κ2) is 7.00. The molecule has 1 aromatic rings. The molecule has 0 aromatic heterocycles. The molecule has 0 radical (unpaired) electrons. The van der Waals surface area contributed by atoms with Gasteiger partial charge in [-0.15, -0.1) is 0 Å². The summed E-state index contributed by atoms with van der Waals surface area (Å²) in [5.41, 5.74) is 6.62. The fourth-order valence-corrected chi connectivity index (χ4v) is 1.39. The van der Waals surface area contributed by atoms with Gasteiger partial charge >= 0.3 is 0 Å². The minimum absolute atomic E-state index is 0.444. The lowest BCUT2D eigenvalue weighted by Gasteiger charge is -2.06. The van der Waals surface area contributed by atoms with Crippen molar-refractivity contribution >= 4 is 23.4 Å². The average Bonchev–Trinajstić information content (AvgIpc) is 2.30. The first-order chi connectivity index (χ1) is 7.76. The van der Waals surface area contributed by atoms with Crippen LogP contribution in [0.25, 0.3) is 0 Å². The van der Waals surface area contributed by atoms with E-state index in [1.807, 2.05) is 30.5 Å². The van der Waals surface area contributed by atoms with E-state index in [4.69, 9.17) is 10.5 Å². The maximum Gasteiger partial charge on any atom is 0.193 e. The largest absolute Gasteiger partial charge is 0.497 e. The quantitative estimate of drug-likeness (QED) is 0.467. The molecule has 0 aliphatic heterocycles. The standard InChI is InChI=1S/C11H17N3OS/c1-15-10-5-3-9(4-6-10)14-11(12)13-7-8-16-2/h3-6H,7-8H2,1-2H3,(H3,12,13,14). The van der Waals surface area contributed by atoms with E-state index in [1.165, 1.54) is 0 Å². The van der Waals surface area contributed by atoms with Crippen molar-refractivity contribution in [2.45, 2.75) is 0 Å². The Bertz CT molecular complexity index is 338. The van der Waals surface area contributed by atoms with Gasteiger partial charge in [-0.2, -0.15) is 11.8 Å². The number of nitrogens with two attached hydrogens (primary N) is 1. The van der Waals surface area contributed by atoms with Crippen molar-refractivity contribution in [1.82, 2.24) is 0 Å². The highest BCUT2D eigenvalue weighted by Crippen LogP contribution is 2.14. The van der Waals surface area contributed by atoms with Crippen LogP contribution in [0.15, 0.2) is 29.3 Å². The van der Waals surface area contributed by atoms with Gasteiger partial charge in [0.1, 0.15) is 5.75 Å². The number of guanidine groups is 1. The Kier molecular flexibility index (Phi) is 5.56. The molecule has 0 saturated carbocycles. The van der Waals surface area contributed by atoms with Crippen molar-refractivity contribution in [3.8, 4) is 5.75 Å². The minimum atomic E-state index is 0.444. The number of anilines is 1. The van der Waals surface area contributed by atoms with E-state index in [1.54, 1.807) is 18.9 Å². The molecule has 0 bridgehead atoms. The van der Waals surface area contributed by atoms with Gasteiger partial charge in [0.15, 0.2) is 5.96 Å². The van der Waals surface area contributed by atoms with Crippen LogP contribution in [-0.4, -0.2) is 31.6 Å². The summed E-state index contributed by atoms with van der Waals surface area (Å²) in [6.07, 6.45) is 2.04. The van der Waals surface area contributed by atoms with Crippen LogP contribution < -0.4 is 15.8 Å². The summed E-state index contributed by atoms with van der Waals surface area (Å²) in [5.74, 6) is 2.24. The molecule has 0 fully saturated rings. The first-order valence-electron chi connectivity index (χ1n) is 4.96. The molecular weight excluding hydrogens is 222 g/mol. The van der Waals surface area contributed by atoms with E-state index < -0.39 is 0 Å². The lowest BCUT2D eigenvalue weighted by molar-refractivity contribution is 0.415. The minimum Gasteiger partial charge on any atom is -0.497 e. The molecule has 88 valence electrons. The van der Waals surface area contributed by atoms with Crippen LogP contribution in [0.3, 0.4) is 0 Å². The number of nitrogens with zero attached hydrogens (tertiary/aromatic N) is 1. The summed E-state index contributed by atoms with van der Waals surface area (Å²) in [6.45, 7) is 0.732. The summed E-state index contributed by atoms with van der Waals surface area (Å²) in [5, 5.41) is 3.02. The van der Waals surface area contributed by atoms with Gasteiger partial charge in [0.2, 0.25) is 0 Å². The molecule has 0 aliphatic carbocycles. The number of thioether (sulfide) groups is 1. The molecule has 0 atom stereocenters. The summed E-state index contributed by atoms with van der Waals surface area (Å²) >= 11 is 1.75. The zero-order chi connectivity index (χ0) is 11.8. The number of benzene rings is 1. The Labute approximate surface area is 100 Å². The predicted octanol–water partition coefficient (Wildman–Crippen LogP) is 1.78. The fourth-order valence-electron chi connectivity index (χ4n) is 1.12. The number of hydrogen-bond acceptors (Lipinski definition) is 3. The zero-order valence-corrected chi connectivity index (χ0v) is 10.4. The van der Waals surface area contributed by atoms with Gasteiger partial charge in [-0.3, -0.25) is 4.99 Å². The maximum absolute atomic E-state index is 5.72. The summed E-state index contributed by atoms with van der Waals surface area (Å²) in [4.78, 5) is 4.18. The van der Waals surface area contributed by atoms with E-state index in [9.17, 15) is 0 Å². The molecule has 0 heterocycles. The van der Waals surface area contributed by atoms with Crippen molar-refractivity contribution in [2.24, 2.45) is 10.7 Å². The molecular formula is C11H17N3OS. The van der Waals surface area contributed by atoms with Crippen LogP contribution in [0.5, 0.6) is 5.75 Å². The van der Waals surface area contributed by atoms with Crippen LogP contribution in [0, 0.1) is 0 Å².